The standard InChI is InChI=1S/C15H17ClNO2P/c1-2-10-19-20(18,14-6-4-3-5-7-14)12-13-8-9-15(16)17-11-13/h3-9,11H,2,10,12H2,1H3. The Morgan fingerprint density at radius 2 is 1.95 bits per heavy atom. The second-order valence-electron chi connectivity index (χ2n) is 4.49. The zero-order valence-electron chi connectivity index (χ0n) is 11.3. The van der Waals surface area contributed by atoms with E-state index in [2.05, 4.69) is 4.98 Å². The average molecular weight is 310 g/mol. The van der Waals surface area contributed by atoms with Gasteiger partial charge in [-0.05, 0) is 30.2 Å². The molecule has 1 atom stereocenters. The quantitative estimate of drug-likeness (QED) is 0.591. The molecule has 1 heterocycles. The molecule has 0 aliphatic heterocycles. The number of pyridine rings is 1. The minimum Gasteiger partial charge on any atom is -0.325 e. The molecule has 106 valence electrons. The first-order valence-electron chi connectivity index (χ1n) is 6.54. The minimum absolute atomic E-state index is 0.335. The van der Waals surface area contributed by atoms with Crippen LogP contribution in [0.15, 0.2) is 48.7 Å². The van der Waals surface area contributed by atoms with Crippen molar-refractivity contribution in [1.29, 1.82) is 0 Å². The molecule has 0 spiro atoms. The van der Waals surface area contributed by atoms with E-state index in [1.807, 2.05) is 43.3 Å². The van der Waals surface area contributed by atoms with Crippen LogP contribution in [-0.4, -0.2) is 11.6 Å². The predicted molar refractivity (Wildman–Crippen MR) is 82.9 cm³/mol. The third kappa shape index (κ3) is 3.92. The van der Waals surface area contributed by atoms with E-state index in [0.29, 0.717) is 17.9 Å². The Hall–Kier alpha value is -1.15. The molecular formula is C15H17ClNO2P. The van der Waals surface area contributed by atoms with Gasteiger partial charge in [0.1, 0.15) is 5.15 Å². The lowest BCUT2D eigenvalue weighted by Crippen LogP contribution is -2.10. The monoisotopic (exact) mass is 309 g/mol. The van der Waals surface area contributed by atoms with Gasteiger partial charge in [0, 0.05) is 11.5 Å². The average Bonchev–Trinajstić information content (AvgIpc) is 2.48. The summed E-state index contributed by atoms with van der Waals surface area (Å²) in [7, 11) is -2.91. The maximum Gasteiger partial charge on any atom is 0.236 e. The zero-order chi connectivity index (χ0) is 14.4. The maximum absolute atomic E-state index is 13.1. The van der Waals surface area contributed by atoms with Crippen LogP contribution >= 0.6 is 19.0 Å². The molecule has 2 aromatic rings. The van der Waals surface area contributed by atoms with E-state index in [0.717, 1.165) is 17.3 Å². The summed E-state index contributed by atoms with van der Waals surface area (Å²) in [6, 6.07) is 12.9. The number of benzene rings is 1. The molecule has 0 saturated carbocycles. The normalized spacial score (nSPS) is 13.9. The van der Waals surface area contributed by atoms with Gasteiger partial charge in [0.2, 0.25) is 7.37 Å². The Bertz CT molecular complexity index is 587. The van der Waals surface area contributed by atoms with Crippen molar-refractivity contribution < 1.29 is 9.09 Å². The van der Waals surface area contributed by atoms with Gasteiger partial charge in [-0.15, -0.1) is 0 Å². The third-order valence-corrected chi connectivity index (χ3v) is 5.52. The van der Waals surface area contributed by atoms with E-state index in [9.17, 15) is 4.57 Å². The largest absolute Gasteiger partial charge is 0.325 e. The molecule has 1 unspecified atom stereocenters. The van der Waals surface area contributed by atoms with E-state index in [1.54, 1.807) is 12.3 Å². The lowest BCUT2D eigenvalue weighted by atomic mass is 10.3. The van der Waals surface area contributed by atoms with E-state index < -0.39 is 7.37 Å². The zero-order valence-corrected chi connectivity index (χ0v) is 13.0. The fraction of sp³-hybridized carbons (Fsp3) is 0.267. The molecule has 0 fully saturated rings. The van der Waals surface area contributed by atoms with Gasteiger partial charge < -0.3 is 4.52 Å². The Balaban J connectivity index is 2.27. The van der Waals surface area contributed by atoms with Gasteiger partial charge in [0.25, 0.3) is 0 Å². The van der Waals surface area contributed by atoms with Crippen molar-refractivity contribution in [2.75, 3.05) is 6.61 Å². The van der Waals surface area contributed by atoms with Crippen molar-refractivity contribution in [3.63, 3.8) is 0 Å². The number of halogens is 1. The van der Waals surface area contributed by atoms with Crippen LogP contribution in [0.25, 0.3) is 0 Å². The molecule has 5 heteroatoms. The highest BCUT2D eigenvalue weighted by molar-refractivity contribution is 7.66. The molecular weight excluding hydrogens is 293 g/mol. The molecule has 0 amide bonds. The second kappa shape index (κ2) is 7.03. The molecule has 20 heavy (non-hydrogen) atoms. The number of nitrogens with zero attached hydrogens (tertiary/aromatic N) is 1. The van der Waals surface area contributed by atoms with Crippen molar-refractivity contribution in [2.45, 2.75) is 19.5 Å². The number of hydrogen-bond donors (Lipinski definition) is 0. The molecule has 3 nitrogen and oxygen atoms in total. The highest BCUT2D eigenvalue weighted by Gasteiger charge is 2.26. The van der Waals surface area contributed by atoms with Gasteiger partial charge in [-0.2, -0.15) is 0 Å². The van der Waals surface area contributed by atoms with Gasteiger partial charge in [0.05, 0.1) is 12.8 Å². The van der Waals surface area contributed by atoms with Gasteiger partial charge in [0.15, 0.2) is 0 Å². The predicted octanol–water partition coefficient (Wildman–Crippen LogP) is 4.27. The first-order valence-corrected chi connectivity index (χ1v) is 8.72. The van der Waals surface area contributed by atoms with Crippen LogP contribution in [0.2, 0.25) is 5.15 Å². The van der Waals surface area contributed by atoms with Crippen LogP contribution in [0.1, 0.15) is 18.9 Å². The van der Waals surface area contributed by atoms with Crippen LogP contribution in [0.4, 0.5) is 0 Å². The summed E-state index contributed by atoms with van der Waals surface area (Å²) in [4.78, 5) is 4.03. The topological polar surface area (TPSA) is 39.2 Å². The molecule has 0 N–H and O–H groups in total. The number of aromatic nitrogens is 1. The lowest BCUT2D eigenvalue weighted by Gasteiger charge is -2.18. The third-order valence-electron chi connectivity index (χ3n) is 2.83. The Labute approximate surface area is 124 Å². The SMILES string of the molecule is CCCOP(=O)(Cc1ccc(Cl)nc1)c1ccccc1. The summed E-state index contributed by atoms with van der Waals surface area (Å²) in [5.74, 6) is 0. The van der Waals surface area contributed by atoms with Crippen LogP contribution in [-0.2, 0) is 15.3 Å². The van der Waals surface area contributed by atoms with Gasteiger partial charge in [-0.3, -0.25) is 4.57 Å². The Morgan fingerprint density at radius 1 is 1.20 bits per heavy atom. The molecule has 0 bridgehead atoms. The van der Waals surface area contributed by atoms with Crippen molar-refractivity contribution >= 4 is 24.3 Å². The first-order chi connectivity index (χ1) is 9.64. The van der Waals surface area contributed by atoms with Crippen molar-refractivity contribution in [3.8, 4) is 0 Å². The Morgan fingerprint density at radius 3 is 2.55 bits per heavy atom. The highest BCUT2D eigenvalue weighted by Crippen LogP contribution is 2.49. The number of hydrogen-bond acceptors (Lipinski definition) is 3. The summed E-state index contributed by atoms with van der Waals surface area (Å²) < 4.78 is 18.8. The highest BCUT2D eigenvalue weighted by atomic mass is 35.5. The maximum atomic E-state index is 13.1. The molecule has 1 aromatic carbocycles. The summed E-state index contributed by atoms with van der Waals surface area (Å²) in [5, 5.41) is 1.17. The molecule has 0 radical (unpaired) electrons. The summed E-state index contributed by atoms with van der Waals surface area (Å²) in [6.07, 6.45) is 2.81. The van der Waals surface area contributed by atoms with Crippen LogP contribution in [0.3, 0.4) is 0 Å². The van der Waals surface area contributed by atoms with Gasteiger partial charge in [-0.25, -0.2) is 4.98 Å². The molecule has 0 aliphatic rings. The molecule has 1 aromatic heterocycles. The summed E-state index contributed by atoms with van der Waals surface area (Å²) in [5.41, 5.74) is 0.859. The lowest BCUT2D eigenvalue weighted by molar-refractivity contribution is 0.319. The minimum atomic E-state index is -2.91. The van der Waals surface area contributed by atoms with Crippen molar-refractivity contribution in [1.82, 2.24) is 4.98 Å². The van der Waals surface area contributed by atoms with E-state index >= 15 is 0 Å². The van der Waals surface area contributed by atoms with Crippen molar-refractivity contribution in [2.24, 2.45) is 0 Å². The van der Waals surface area contributed by atoms with Gasteiger partial charge >= 0.3 is 0 Å². The fourth-order valence-corrected chi connectivity index (χ4v) is 4.15. The Kier molecular flexibility index (Phi) is 5.36. The summed E-state index contributed by atoms with van der Waals surface area (Å²) in [6.45, 7) is 2.48. The van der Waals surface area contributed by atoms with Crippen LogP contribution < -0.4 is 5.30 Å². The molecule has 0 aliphatic carbocycles. The van der Waals surface area contributed by atoms with E-state index in [-0.39, 0.29) is 0 Å². The molecule has 2 rings (SSSR count). The van der Waals surface area contributed by atoms with Gasteiger partial charge in [-0.1, -0.05) is 42.8 Å². The van der Waals surface area contributed by atoms with E-state index in [1.165, 1.54) is 0 Å². The van der Waals surface area contributed by atoms with Crippen LogP contribution in [0.5, 0.6) is 0 Å². The van der Waals surface area contributed by atoms with E-state index in [4.69, 9.17) is 16.1 Å². The fourth-order valence-electron chi connectivity index (χ4n) is 1.85. The number of rotatable bonds is 6. The second-order valence-corrected chi connectivity index (χ2v) is 7.31. The smallest absolute Gasteiger partial charge is 0.236 e. The molecule has 0 saturated heterocycles. The van der Waals surface area contributed by atoms with Crippen molar-refractivity contribution in [3.05, 3.63) is 59.4 Å². The summed E-state index contributed by atoms with van der Waals surface area (Å²) >= 11 is 5.77. The first kappa shape index (κ1) is 15.2. The van der Waals surface area contributed by atoms with Crippen LogP contribution in [0, 0.1) is 0 Å².